The molecule has 2 heterocycles. The normalized spacial score (nSPS) is 18.2. The summed E-state index contributed by atoms with van der Waals surface area (Å²) < 4.78 is 5.42. The third-order valence-electron chi connectivity index (χ3n) is 3.15. The van der Waals surface area contributed by atoms with Crippen LogP contribution in [0.4, 0.5) is 10.5 Å². The summed E-state index contributed by atoms with van der Waals surface area (Å²) in [5, 5.41) is 11.9. The van der Waals surface area contributed by atoms with Crippen LogP contribution in [0.1, 0.15) is 32.8 Å². The van der Waals surface area contributed by atoms with Crippen molar-refractivity contribution in [3.63, 3.8) is 0 Å². The Bertz CT molecular complexity index is 560. The van der Waals surface area contributed by atoms with Crippen molar-refractivity contribution in [3.8, 4) is 6.07 Å². The Morgan fingerprint density at radius 1 is 1.57 bits per heavy atom. The van der Waals surface area contributed by atoms with Crippen LogP contribution in [0.15, 0.2) is 18.5 Å². The summed E-state index contributed by atoms with van der Waals surface area (Å²) in [6.45, 7) is 7.07. The molecule has 1 aliphatic rings. The number of nitrogens with zero attached hydrogens (tertiary/aromatic N) is 3. The molecular formula is C15H20N4O2. The van der Waals surface area contributed by atoms with E-state index in [4.69, 9.17) is 10.00 Å². The average molecular weight is 288 g/mol. The highest BCUT2D eigenvalue weighted by Crippen LogP contribution is 2.24. The highest BCUT2D eigenvalue weighted by Gasteiger charge is 2.28. The standard InChI is InChI=1S/C15H20N4O2/c1-15(2,3)18-14(20)21-12-5-7-19(10-12)13-4-6-17-9-11(13)8-16/h4,6,9,12H,5,7,10H2,1-3H3,(H,18,20)/t12-/m0/s1. The number of aromatic nitrogens is 1. The molecule has 1 aromatic heterocycles. The largest absolute Gasteiger partial charge is 0.444 e. The van der Waals surface area contributed by atoms with Crippen LogP contribution in [0.25, 0.3) is 0 Å². The molecule has 2 rings (SSSR count). The maximum absolute atomic E-state index is 11.8. The summed E-state index contributed by atoms with van der Waals surface area (Å²) in [6.07, 6.45) is 3.41. The van der Waals surface area contributed by atoms with Gasteiger partial charge in [0, 0.05) is 30.9 Å². The quantitative estimate of drug-likeness (QED) is 0.901. The number of carbonyl (C=O) groups excluding carboxylic acids is 1. The van der Waals surface area contributed by atoms with Crippen LogP contribution < -0.4 is 10.2 Å². The summed E-state index contributed by atoms with van der Waals surface area (Å²) in [5.41, 5.74) is 1.07. The van der Waals surface area contributed by atoms with Crippen molar-refractivity contribution < 1.29 is 9.53 Å². The SMILES string of the molecule is CC(C)(C)NC(=O)O[C@H]1CCN(c2ccncc2C#N)C1. The second-order valence-corrected chi connectivity index (χ2v) is 6.14. The van der Waals surface area contributed by atoms with E-state index >= 15 is 0 Å². The molecule has 0 bridgehead atoms. The molecule has 21 heavy (non-hydrogen) atoms. The Morgan fingerprint density at radius 3 is 3.00 bits per heavy atom. The van der Waals surface area contributed by atoms with Crippen molar-refractivity contribution in [2.75, 3.05) is 18.0 Å². The fourth-order valence-corrected chi connectivity index (χ4v) is 2.28. The molecule has 1 fully saturated rings. The lowest BCUT2D eigenvalue weighted by Crippen LogP contribution is -2.42. The Morgan fingerprint density at radius 2 is 2.33 bits per heavy atom. The number of carbonyl (C=O) groups is 1. The van der Waals surface area contributed by atoms with Gasteiger partial charge in [0.1, 0.15) is 12.2 Å². The molecular weight excluding hydrogens is 268 g/mol. The second kappa shape index (κ2) is 6.00. The van der Waals surface area contributed by atoms with Gasteiger partial charge in [0.15, 0.2) is 0 Å². The Hall–Kier alpha value is -2.29. The lowest BCUT2D eigenvalue weighted by molar-refractivity contribution is 0.101. The van der Waals surface area contributed by atoms with Crippen LogP contribution in [0.5, 0.6) is 0 Å². The highest BCUT2D eigenvalue weighted by molar-refractivity contribution is 5.68. The molecule has 1 atom stereocenters. The molecule has 1 aliphatic heterocycles. The van der Waals surface area contributed by atoms with E-state index in [-0.39, 0.29) is 11.6 Å². The van der Waals surface area contributed by atoms with E-state index in [1.807, 2.05) is 26.8 Å². The number of amides is 1. The molecule has 0 saturated carbocycles. The molecule has 6 heteroatoms. The number of pyridine rings is 1. The fourth-order valence-electron chi connectivity index (χ4n) is 2.28. The maximum atomic E-state index is 11.8. The second-order valence-electron chi connectivity index (χ2n) is 6.14. The van der Waals surface area contributed by atoms with E-state index in [2.05, 4.69) is 21.3 Å². The molecule has 1 aromatic rings. The molecule has 0 aliphatic carbocycles. The molecule has 0 spiro atoms. The smallest absolute Gasteiger partial charge is 0.407 e. The van der Waals surface area contributed by atoms with Crippen molar-refractivity contribution in [3.05, 3.63) is 24.0 Å². The first kappa shape index (κ1) is 15.1. The van der Waals surface area contributed by atoms with Crippen LogP contribution in [0.2, 0.25) is 0 Å². The van der Waals surface area contributed by atoms with E-state index in [0.717, 1.165) is 18.7 Å². The number of nitrogens with one attached hydrogen (secondary N) is 1. The average Bonchev–Trinajstić information content (AvgIpc) is 2.84. The van der Waals surface area contributed by atoms with E-state index in [1.165, 1.54) is 0 Å². The van der Waals surface area contributed by atoms with E-state index in [0.29, 0.717) is 12.1 Å². The summed E-state index contributed by atoms with van der Waals surface area (Å²) >= 11 is 0. The van der Waals surface area contributed by atoms with Crippen LogP contribution in [-0.2, 0) is 4.74 Å². The van der Waals surface area contributed by atoms with Crippen LogP contribution in [0.3, 0.4) is 0 Å². The van der Waals surface area contributed by atoms with Crippen molar-refractivity contribution in [1.29, 1.82) is 5.26 Å². The van der Waals surface area contributed by atoms with Crippen LogP contribution >= 0.6 is 0 Å². The maximum Gasteiger partial charge on any atom is 0.407 e. The van der Waals surface area contributed by atoms with Gasteiger partial charge < -0.3 is 15.0 Å². The number of anilines is 1. The summed E-state index contributed by atoms with van der Waals surface area (Å²) in [5.74, 6) is 0. The monoisotopic (exact) mass is 288 g/mol. The minimum Gasteiger partial charge on any atom is -0.444 e. The zero-order valence-electron chi connectivity index (χ0n) is 12.6. The molecule has 0 radical (unpaired) electrons. The first-order valence-corrected chi connectivity index (χ1v) is 6.97. The Kier molecular flexibility index (Phi) is 4.32. The van der Waals surface area contributed by atoms with Gasteiger partial charge in [0.2, 0.25) is 0 Å². The third kappa shape index (κ3) is 4.09. The van der Waals surface area contributed by atoms with E-state index in [9.17, 15) is 4.79 Å². The molecule has 6 nitrogen and oxygen atoms in total. The molecule has 1 saturated heterocycles. The van der Waals surface area contributed by atoms with Gasteiger partial charge in [-0.05, 0) is 26.8 Å². The van der Waals surface area contributed by atoms with Crippen molar-refractivity contribution in [1.82, 2.24) is 10.3 Å². The minimum absolute atomic E-state index is 0.160. The van der Waals surface area contributed by atoms with Crippen molar-refractivity contribution in [2.45, 2.75) is 38.8 Å². The fraction of sp³-hybridized carbons (Fsp3) is 0.533. The van der Waals surface area contributed by atoms with Gasteiger partial charge in [-0.3, -0.25) is 4.98 Å². The number of alkyl carbamates (subject to hydrolysis) is 1. The summed E-state index contributed by atoms with van der Waals surface area (Å²) in [6, 6.07) is 3.95. The number of hydrogen-bond acceptors (Lipinski definition) is 5. The number of rotatable bonds is 2. The summed E-state index contributed by atoms with van der Waals surface area (Å²) in [7, 11) is 0. The van der Waals surface area contributed by atoms with Crippen LogP contribution in [-0.4, -0.2) is 35.8 Å². The topological polar surface area (TPSA) is 78.2 Å². The first-order chi connectivity index (χ1) is 9.89. The van der Waals surface area contributed by atoms with Crippen molar-refractivity contribution >= 4 is 11.8 Å². The molecule has 1 N–H and O–H groups in total. The van der Waals surface area contributed by atoms with Gasteiger partial charge in [-0.15, -0.1) is 0 Å². The third-order valence-corrected chi connectivity index (χ3v) is 3.15. The number of hydrogen-bond donors (Lipinski definition) is 1. The predicted octanol–water partition coefficient (Wildman–Crippen LogP) is 2.06. The highest BCUT2D eigenvalue weighted by atomic mass is 16.6. The number of ether oxygens (including phenoxy) is 1. The number of nitriles is 1. The van der Waals surface area contributed by atoms with E-state index in [1.54, 1.807) is 12.4 Å². The molecule has 1 amide bonds. The van der Waals surface area contributed by atoms with E-state index < -0.39 is 6.09 Å². The van der Waals surface area contributed by atoms with Gasteiger partial charge in [0.25, 0.3) is 0 Å². The van der Waals surface area contributed by atoms with Gasteiger partial charge >= 0.3 is 6.09 Å². The minimum atomic E-state index is -0.399. The molecule has 0 aromatic carbocycles. The van der Waals surface area contributed by atoms with Gasteiger partial charge in [-0.2, -0.15) is 5.26 Å². The lowest BCUT2D eigenvalue weighted by atomic mass is 10.1. The summed E-state index contributed by atoms with van der Waals surface area (Å²) in [4.78, 5) is 17.8. The zero-order chi connectivity index (χ0) is 15.5. The van der Waals surface area contributed by atoms with Gasteiger partial charge in [-0.1, -0.05) is 0 Å². The molecule has 0 unspecified atom stereocenters. The van der Waals surface area contributed by atoms with Gasteiger partial charge in [-0.25, -0.2) is 4.79 Å². The predicted molar refractivity (Wildman–Crippen MR) is 78.9 cm³/mol. The van der Waals surface area contributed by atoms with Crippen LogP contribution in [0, 0.1) is 11.3 Å². The Labute approximate surface area is 124 Å². The lowest BCUT2D eigenvalue weighted by Gasteiger charge is -2.22. The van der Waals surface area contributed by atoms with Crippen molar-refractivity contribution in [2.24, 2.45) is 0 Å². The first-order valence-electron chi connectivity index (χ1n) is 6.97. The molecule has 112 valence electrons. The van der Waals surface area contributed by atoms with Gasteiger partial charge in [0.05, 0.1) is 17.8 Å². The zero-order valence-corrected chi connectivity index (χ0v) is 12.6. The Balaban J connectivity index is 1.95.